The summed E-state index contributed by atoms with van der Waals surface area (Å²) in [6, 6.07) is 9.91. The molecule has 19 heavy (non-hydrogen) atoms. The van der Waals surface area contributed by atoms with Crippen LogP contribution < -0.4 is 10.2 Å². The molecule has 1 heterocycles. The van der Waals surface area contributed by atoms with E-state index < -0.39 is 11.9 Å². The van der Waals surface area contributed by atoms with E-state index in [1.807, 2.05) is 19.1 Å². The standard InChI is InChI=1S/C14H14N2O3/c1-10-5-7-12(8-6-10)15-14(18)16(11(2)17)13-4-3-9-19-13/h3-9H,1-2H3,(H,15,18). The van der Waals surface area contributed by atoms with Crippen LogP contribution in [0.1, 0.15) is 12.5 Å². The fourth-order valence-corrected chi connectivity index (χ4v) is 1.61. The monoisotopic (exact) mass is 258 g/mol. The van der Waals surface area contributed by atoms with Crippen LogP contribution in [-0.2, 0) is 4.79 Å². The van der Waals surface area contributed by atoms with Crippen LogP contribution in [0, 0.1) is 6.92 Å². The van der Waals surface area contributed by atoms with Crippen LogP contribution >= 0.6 is 0 Å². The Bertz CT molecular complexity index is 573. The summed E-state index contributed by atoms with van der Waals surface area (Å²) in [7, 11) is 0. The Morgan fingerprint density at radius 3 is 2.37 bits per heavy atom. The zero-order valence-electron chi connectivity index (χ0n) is 10.7. The highest BCUT2D eigenvalue weighted by Gasteiger charge is 2.22. The molecule has 0 saturated carbocycles. The zero-order valence-corrected chi connectivity index (χ0v) is 10.7. The molecule has 5 heteroatoms. The summed E-state index contributed by atoms with van der Waals surface area (Å²) in [5.74, 6) is -0.225. The third-order valence-corrected chi connectivity index (χ3v) is 2.55. The van der Waals surface area contributed by atoms with Gasteiger partial charge in [0.25, 0.3) is 0 Å². The lowest BCUT2D eigenvalue weighted by Gasteiger charge is -2.16. The van der Waals surface area contributed by atoms with Gasteiger partial charge < -0.3 is 9.73 Å². The van der Waals surface area contributed by atoms with E-state index >= 15 is 0 Å². The van der Waals surface area contributed by atoms with E-state index in [2.05, 4.69) is 5.32 Å². The third kappa shape index (κ3) is 3.01. The second kappa shape index (κ2) is 5.39. The average Bonchev–Trinajstić information content (AvgIpc) is 2.85. The molecule has 2 aromatic rings. The molecule has 0 radical (unpaired) electrons. The van der Waals surface area contributed by atoms with Gasteiger partial charge in [0.05, 0.1) is 6.26 Å². The van der Waals surface area contributed by atoms with Crippen LogP contribution in [0.2, 0.25) is 0 Å². The van der Waals surface area contributed by atoms with Crippen molar-refractivity contribution >= 4 is 23.5 Å². The summed E-state index contributed by atoms with van der Waals surface area (Å²) < 4.78 is 5.08. The van der Waals surface area contributed by atoms with Crippen molar-refractivity contribution in [2.75, 3.05) is 10.2 Å². The van der Waals surface area contributed by atoms with Crippen LogP contribution in [0.4, 0.5) is 16.4 Å². The minimum atomic E-state index is -0.550. The van der Waals surface area contributed by atoms with Gasteiger partial charge in [0.1, 0.15) is 0 Å². The van der Waals surface area contributed by atoms with E-state index in [0.717, 1.165) is 10.5 Å². The zero-order chi connectivity index (χ0) is 13.8. The number of carbonyl (C=O) groups excluding carboxylic acids is 2. The number of furan rings is 1. The van der Waals surface area contributed by atoms with Crippen molar-refractivity contribution in [3.63, 3.8) is 0 Å². The molecule has 3 amide bonds. The Morgan fingerprint density at radius 1 is 1.16 bits per heavy atom. The largest absolute Gasteiger partial charge is 0.448 e. The van der Waals surface area contributed by atoms with E-state index in [4.69, 9.17) is 4.42 Å². The molecular formula is C14H14N2O3. The third-order valence-electron chi connectivity index (χ3n) is 2.55. The first-order valence-electron chi connectivity index (χ1n) is 5.80. The van der Waals surface area contributed by atoms with Crippen LogP contribution in [0.25, 0.3) is 0 Å². The number of amides is 3. The van der Waals surface area contributed by atoms with Crippen LogP contribution in [0.5, 0.6) is 0 Å². The second-order valence-electron chi connectivity index (χ2n) is 4.10. The Morgan fingerprint density at radius 2 is 1.84 bits per heavy atom. The number of nitrogens with zero attached hydrogens (tertiary/aromatic N) is 1. The van der Waals surface area contributed by atoms with Crippen molar-refractivity contribution in [3.8, 4) is 0 Å². The predicted molar refractivity (Wildman–Crippen MR) is 72.1 cm³/mol. The molecule has 0 aliphatic heterocycles. The lowest BCUT2D eigenvalue weighted by molar-refractivity contribution is -0.115. The Hall–Kier alpha value is -2.56. The maximum Gasteiger partial charge on any atom is 0.335 e. The number of hydrogen-bond donors (Lipinski definition) is 1. The van der Waals surface area contributed by atoms with Gasteiger partial charge in [-0.25, -0.2) is 9.69 Å². The molecule has 2 rings (SSSR count). The summed E-state index contributed by atoms with van der Waals surface area (Å²) in [6.07, 6.45) is 1.41. The number of urea groups is 1. The first kappa shape index (κ1) is 12.9. The van der Waals surface area contributed by atoms with E-state index in [1.54, 1.807) is 24.3 Å². The van der Waals surface area contributed by atoms with Gasteiger partial charge in [-0.15, -0.1) is 0 Å². The average molecular weight is 258 g/mol. The van der Waals surface area contributed by atoms with Gasteiger partial charge in [-0.1, -0.05) is 17.7 Å². The molecule has 0 aliphatic carbocycles. The van der Waals surface area contributed by atoms with E-state index in [9.17, 15) is 9.59 Å². The quantitative estimate of drug-likeness (QED) is 0.899. The Labute approximate surface area is 110 Å². The number of carbonyl (C=O) groups is 2. The maximum atomic E-state index is 12.1. The lowest BCUT2D eigenvalue weighted by atomic mass is 10.2. The summed E-state index contributed by atoms with van der Waals surface area (Å²) in [6.45, 7) is 3.26. The molecule has 1 N–H and O–H groups in total. The van der Waals surface area contributed by atoms with Crippen molar-refractivity contribution in [3.05, 3.63) is 48.2 Å². The highest BCUT2D eigenvalue weighted by atomic mass is 16.4. The van der Waals surface area contributed by atoms with E-state index in [-0.39, 0.29) is 5.88 Å². The number of hydrogen-bond acceptors (Lipinski definition) is 3. The summed E-state index contributed by atoms with van der Waals surface area (Å²) in [5.41, 5.74) is 1.71. The number of imide groups is 1. The molecule has 0 saturated heterocycles. The van der Waals surface area contributed by atoms with Gasteiger partial charge >= 0.3 is 6.03 Å². The number of anilines is 2. The fourth-order valence-electron chi connectivity index (χ4n) is 1.61. The molecule has 0 aliphatic rings. The number of aryl methyl sites for hydroxylation is 1. The molecule has 1 aromatic carbocycles. The lowest BCUT2D eigenvalue weighted by Crippen LogP contribution is -2.38. The summed E-state index contributed by atoms with van der Waals surface area (Å²) in [5, 5.41) is 2.64. The van der Waals surface area contributed by atoms with Crippen molar-refractivity contribution in [2.24, 2.45) is 0 Å². The smallest absolute Gasteiger partial charge is 0.335 e. The normalized spacial score (nSPS) is 10.0. The Kier molecular flexibility index (Phi) is 3.66. The van der Waals surface area contributed by atoms with Gasteiger partial charge in [0.15, 0.2) is 0 Å². The number of benzene rings is 1. The van der Waals surface area contributed by atoms with Gasteiger partial charge in [-0.05, 0) is 25.1 Å². The molecule has 0 atom stereocenters. The van der Waals surface area contributed by atoms with Crippen LogP contribution in [-0.4, -0.2) is 11.9 Å². The van der Waals surface area contributed by atoms with Gasteiger partial charge in [-0.2, -0.15) is 0 Å². The SMILES string of the molecule is CC(=O)N(C(=O)Nc1ccc(C)cc1)c1ccco1. The number of nitrogens with one attached hydrogen (secondary N) is 1. The highest BCUT2D eigenvalue weighted by Crippen LogP contribution is 2.17. The first-order valence-corrected chi connectivity index (χ1v) is 5.80. The molecule has 5 nitrogen and oxygen atoms in total. The van der Waals surface area contributed by atoms with Crippen LogP contribution in [0.3, 0.4) is 0 Å². The molecule has 0 bridgehead atoms. The topological polar surface area (TPSA) is 62.6 Å². The maximum absolute atomic E-state index is 12.1. The van der Waals surface area contributed by atoms with Gasteiger partial charge in [0, 0.05) is 18.7 Å². The molecule has 0 fully saturated rings. The molecule has 0 spiro atoms. The fraction of sp³-hybridized carbons (Fsp3) is 0.143. The summed E-state index contributed by atoms with van der Waals surface area (Å²) >= 11 is 0. The number of rotatable bonds is 2. The van der Waals surface area contributed by atoms with Crippen molar-refractivity contribution < 1.29 is 14.0 Å². The molecule has 1 aromatic heterocycles. The summed E-state index contributed by atoms with van der Waals surface area (Å²) in [4.78, 5) is 24.5. The van der Waals surface area contributed by atoms with E-state index in [0.29, 0.717) is 5.69 Å². The van der Waals surface area contributed by atoms with Gasteiger partial charge in [-0.3, -0.25) is 4.79 Å². The highest BCUT2D eigenvalue weighted by molar-refractivity contribution is 6.16. The second-order valence-corrected chi connectivity index (χ2v) is 4.10. The van der Waals surface area contributed by atoms with Crippen molar-refractivity contribution in [2.45, 2.75) is 13.8 Å². The van der Waals surface area contributed by atoms with Crippen LogP contribution in [0.15, 0.2) is 47.1 Å². The molecular weight excluding hydrogens is 244 g/mol. The van der Waals surface area contributed by atoms with Crippen molar-refractivity contribution in [1.82, 2.24) is 0 Å². The Balaban J connectivity index is 2.17. The van der Waals surface area contributed by atoms with E-state index in [1.165, 1.54) is 13.2 Å². The van der Waals surface area contributed by atoms with Gasteiger partial charge in [0.2, 0.25) is 11.8 Å². The molecule has 98 valence electrons. The minimum Gasteiger partial charge on any atom is -0.448 e. The minimum absolute atomic E-state index is 0.192. The molecule has 0 unspecified atom stereocenters. The van der Waals surface area contributed by atoms with Crippen molar-refractivity contribution in [1.29, 1.82) is 0 Å². The predicted octanol–water partition coefficient (Wildman–Crippen LogP) is 3.17. The first-order chi connectivity index (χ1) is 9.08.